The molecule has 2 rings (SSSR count). The maximum absolute atomic E-state index is 13.0. The summed E-state index contributed by atoms with van der Waals surface area (Å²) in [7, 11) is 0. The van der Waals surface area contributed by atoms with Crippen LogP contribution in [-0.4, -0.2) is 34.5 Å². The lowest BCUT2D eigenvalue weighted by Crippen LogP contribution is -2.47. The Hall–Kier alpha value is -1.91. The van der Waals surface area contributed by atoms with Crippen molar-refractivity contribution in [2.75, 3.05) is 0 Å². The lowest BCUT2D eigenvalue weighted by Gasteiger charge is -2.31. The summed E-state index contributed by atoms with van der Waals surface area (Å²) < 4.78 is 18.4. The van der Waals surface area contributed by atoms with Gasteiger partial charge in [-0.25, -0.2) is 9.18 Å². The highest BCUT2D eigenvalue weighted by Gasteiger charge is 2.40. The fourth-order valence-electron chi connectivity index (χ4n) is 2.27. The minimum Gasteiger partial charge on any atom is -0.444 e. The number of halogens is 1. The third-order valence-corrected chi connectivity index (χ3v) is 3.47. The maximum atomic E-state index is 13.0. The number of carbonyl (C=O) groups excluding carboxylic acids is 2. The van der Waals surface area contributed by atoms with E-state index in [2.05, 4.69) is 0 Å². The van der Waals surface area contributed by atoms with Crippen LogP contribution in [0.4, 0.5) is 9.18 Å². The number of Topliss-reactive ketones (excluding diaryl/α,β-unsaturated/α-hetero) is 1. The Balaban J connectivity index is 2.16. The molecule has 0 radical (unpaired) electrons. The molecule has 1 aliphatic rings. The Bertz CT molecular complexity index is 558. The second-order valence-corrected chi connectivity index (χ2v) is 6.67. The van der Waals surface area contributed by atoms with Gasteiger partial charge >= 0.3 is 6.09 Å². The van der Waals surface area contributed by atoms with Gasteiger partial charge in [0.2, 0.25) is 0 Å². The van der Waals surface area contributed by atoms with Gasteiger partial charge in [-0.3, -0.25) is 9.69 Å². The van der Waals surface area contributed by atoms with E-state index in [1.807, 2.05) is 0 Å². The smallest absolute Gasteiger partial charge is 0.411 e. The number of hydrogen-bond donors (Lipinski definition) is 0. The molecule has 0 saturated heterocycles. The Morgan fingerprint density at radius 3 is 2.23 bits per heavy atom. The monoisotopic (exact) mass is 307 g/mol. The van der Waals surface area contributed by atoms with E-state index in [0.29, 0.717) is 5.56 Å². The third kappa shape index (κ3) is 4.06. The van der Waals surface area contributed by atoms with E-state index in [0.717, 1.165) is 12.8 Å². The second kappa shape index (κ2) is 6.07. The van der Waals surface area contributed by atoms with Crippen LogP contribution in [0.1, 0.15) is 50.9 Å². The van der Waals surface area contributed by atoms with Crippen molar-refractivity contribution in [2.45, 2.75) is 58.2 Å². The molecule has 1 aliphatic carbocycles. The van der Waals surface area contributed by atoms with Crippen LogP contribution in [0.5, 0.6) is 0 Å². The number of ketones is 1. The minimum atomic E-state index is -0.632. The van der Waals surface area contributed by atoms with Crippen LogP contribution >= 0.6 is 0 Å². The van der Waals surface area contributed by atoms with Crippen molar-refractivity contribution < 1.29 is 18.7 Å². The van der Waals surface area contributed by atoms with Gasteiger partial charge in [0, 0.05) is 11.6 Å². The molecule has 1 aromatic carbocycles. The molecule has 1 saturated carbocycles. The molecule has 1 fully saturated rings. The average molecular weight is 307 g/mol. The topological polar surface area (TPSA) is 46.6 Å². The van der Waals surface area contributed by atoms with E-state index >= 15 is 0 Å². The number of ether oxygens (including phenoxy) is 1. The summed E-state index contributed by atoms with van der Waals surface area (Å²) >= 11 is 0. The molecule has 0 bridgehead atoms. The highest BCUT2D eigenvalue weighted by molar-refractivity contribution is 6.01. The minimum absolute atomic E-state index is 0.0502. The summed E-state index contributed by atoms with van der Waals surface area (Å²) in [6.07, 6.45) is 1.28. The van der Waals surface area contributed by atoms with Crippen molar-refractivity contribution in [3.05, 3.63) is 35.6 Å². The lowest BCUT2D eigenvalue weighted by molar-refractivity contribution is 0.0156. The van der Waals surface area contributed by atoms with Gasteiger partial charge in [0.1, 0.15) is 11.4 Å². The molecule has 1 aromatic rings. The highest BCUT2D eigenvalue weighted by Crippen LogP contribution is 2.31. The zero-order chi connectivity index (χ0) is 16.5. The molecule has 5 heteroatoms. The van der Waals surface area contributed by atoms with Crippen LogP contribution in [0.15, 0.2) is 24.3 Å². The van der Waals surface area contributed by atoms with Crippen LogP contribution < -0.4 is 0 Å². The molecule has 1 amide bonds. The third-order valence-electron chi connectivity index (χ3n) is 3.47. The predicted molar refractivity (Wildman–Crippen MR) is 81.3 cm³/mol. The zero-order valence-electron chi connectivity index (χ0n) is 13.4. The SMILES string of the molecule is CC(C(=O)c1ccc(F)cc1)N(C(=O)OC(C)(C)C)C1CC1. The molecule has 4 nitrogen and oxygen atoms in total. The first-order valence-corrected chi connectivity index (χ1v) is 7.50. The first-order valence-electron chi connectivity index (χ1n) is 7.50. The van der Waals surface area contributed by atoms with Gasteiger partial charge in [0.15, 0.2) is 5.78 Å². The molecule has 120 valence electrons. The van der Waals surface area contributed by atoms with Crippen LogP contribution in [-0.2, 0) is 4.74 Å². The van der Waals surface area contributed by atoms with Crippen molar-refractivity contribution in [3.63, 3.8) is 0 Å². The van der Waals surface area contributed by atoms with E-state index < -0.39 is 23.6 Å². The Kier molecular flexibility index (Phi) is 4.54. The molecule has 1 unspecified atom stereocenters. The van der Waals surface area contributed by atoms with Crippen molar-refractivity contribution in [2.24, 2.45) is 0 Å². The van der Waals surface area contributed by atoms with E-state index in [4.69, 9.17) is 4.74 Å². The quantitative estimate of drug-likeness (QED) is 0.795. The Morgan fingerprint density at radius 2 is 1.77 bits per heavy atom. The standard InChI is InChI=1S/C17H22FNO3/c1-11(15(20)12-5-7-13(18)8-6-12)19(14-9-10-14)16(21)22-17(2,3)4/h5-8,11,14H,9-10H2,1-4H3. The van der Waals surface area contributed by atoms with Crippen LogP contribution in [0.25, 0.3) is 0 Å². The van der Waals surface area contributed by atoms with Crippen molar-refractivity contribution in [3.8, 4) is 0 Å². The molecule has 1 atom stereocenters. The van der Waals surface area contributed by atoms with Gasteiger partial charge in [-0.05, 0) is 64.8 Å². The number of hydrogen-bond acceptors (Lipinski definition) is 3. The first-order chi connectivity index (χ1) is 10.2. The van der Waals surface area contributed by atoms with Gasteiger partial charge < -0.3 is 4.74 Å². The number of benzene rings is 1. The molecule has 22 heavy (non-hydrogen) atoms. The molecular weight excluding hydrogens is 285 g/mol. The predicted octanol–water partition coefficient (Wildman–Crippen LogP) is 3.80. The highest BCUT2D eigenvalue weighted by atomic mass is 19.1. The van der Waals surface area contributed by atoms with Crippen molar-refractivity contribution >= 4 is 11.9 Å². The summed E-state index contributed by atoms with van der Waals surface area (Å²) in [4.78, 5) is 26.4. The van der Waals surface area contributed by atoms with Gasteiger partial charge in [-0.15, -0.1) is 0 Å². The summed E-state index contributed by atoms with van der Waals surface area (Å²) in [5.41, 5.74) is -0.217. The maximum Gasteiger partial charge on any atom is 0.411 e. The second-order valence-electron chi connectivity index (χ2n) is 6.67. The van der Waals surface area contributed by atoms with Crippen LogP contribution in [0.2, 0.25) is 0 Å². The largest absolute Gasteiger partial charge is 0.444 e. The van der Waals surface area contributed by atoms with Crippen LogP contribution in [0.3, 0.4) is 0 Å². The average Bonchev–Trinajstić information content (AvgIpc) is 3.21. The summed E-state index contributed by atoms with van der Waals surface area (Å²) in [5, 5.41) is 0. The lowest BCUT2D eigenvalue weighted by atomic mass is 10.0. The van der Waals surface area contributed by atoms with Gasteiger partial charge in [0.25, 0.3) is 0 Å². The van der Waals surface area contributed by atoms with Crippen LogP contribution in [0, 0.1) is 5.82 Å². The fourth-order valence-corrected chi connectivity index (χ4v) is 2.27. The molecule has 0 aromatic heterocycles. The van der Waals surface area contributed by atoms with E-state index in [1.165, 1.54) is 29.2 Å². The number of carbonyl (C=O) groups is 2. The van der Waals surface area contributed by atoms with Gasteiger partial charge in [-0.2, -0.15) is 0 Å². The van der Waals surface area contributed by atoms with E-state index in [9.17, 15) is 14.0 Å². The fraction of sp³-hybridized carbons (Fsp3) is 0.529. The van der Waals surface area contributed by atoms with Crippen molar-refractivity contribution in [1.29, 1.82) is 0 Å². The molecular formula is C17H22FNO3. The number of nitrogens with zero attached hydrogens (tertiary/aromatic N) is 1. The van der Waals surface area contributed by atoms with Gasteiger partial charge in [-0.1, -0.05) is 0 Å². The zero-order valence-corrected chi connectivity index (χ0v) is 13.4. The molecule has 0 aliphatic heterocycles. The molecule has 0 spiro atoms. The summed E-state index contributed by atoms with van der Waals surface area (Å²) in [6, 6.07) is 4.79. The van der Waals surface area contributed by atoms with Crippen molar-refractivity contribution in [1.82, 2.24) is 4.90 Å². The van der Waals surface area contributed by atoms with E-state index in [1.54, 1.807) is 27.7 Å². The summed E-state index contributed by atoms with van der Waals surface area (Å²) in [5.74, 6) is -0.604. The van der Waals surface area contributed by atoms with Gasteiger partial charge in [0.05, 0.1) is 6.04 Å². The first kappa shape index (κ1) is 16.5. The molecule has 0 N–H and O–H groups in total. The summed E-state index contributed by atoms with van der Waals surface area (Å²) in [6.45, 7) is 7.07. The number of amides is 1. The normalized spacial score (nSPS) is 16.0. The number of rotatable bonds is 4. The van der Waals surface area contributed by atoms with E-state index in [-0.39, 0.29) is 11.8 Å². The Labute approximate surface area is 130 Å². The Morgan fingerprint density at radius 1 is 1.23 bits per heavy atom. The molecule has 0 heterocycles.